The lowest BCUT2D eigenvalue weighted by Crippen LogP contribution is -2.32. The van der Waals surface area contributed by atoms with Gasteiger partial charge in [0, 0.05) is 4.90 Å². The lowest BCUT2D eigenvalue weighted by Gasteiger charge is -2.25. The third kappa shape index (κ3) is 2.77. The molecule has 0 bridgehead atoms. The normalized spacial score (nSPS) is 18.2. The van der Waals surface area contributed by atoms with Gasteiger partial charge in [-0.15, -0.1) is 11.8 Å². The first-order chi connectivity index (χ1) is 11.5. The van der Waals surface area contributed by atoms with Crippen LogP contribution in [-0.4, -0.2) is 25.8 Å². The summed E-state index contributed by atoms with van der Waals surface area (Å²) in [6.45, 7) is 0. The molecule has 2 aromatic carbocycles. The van der Waals surface area contributed by atoms with Crippen LogP contribution in [0.4, 0.5) is 5.69 Å². The monoisotopic (exact) mass is 364 g/mol. The molecule has 0 radical (unpaired) electrons. The number of carbonyl (C=O) groups is 1. The van der Waals surface area contributed by atoms with E-state index in [1.165, 1.54) is 22.1 Å². The number of anilines is 1. The zero-order valence-corrected chi connectivity index (χ0v) is 14.5. The second-order valence-electron chi connectivity index (χ2n) is 5.30. The average molecular weight is 364 g/mol. The van der Waals surface area contributed by atoms with Crippen LogP contribution >= 0.6 is 11.8 Å². The van der Waals surface area contributed by atoms with E-state index in [1.807, 2.05) is 12.3 Å². The van der Waals surface area contributed by atoms with E-state index in [1.54, 1.807) is 41.9 Å². The standard InChI is InChI=1S/C16H16N2O4S2/c1-23-12-6-4-5-11(9-12)18-14(10-16(19)17-20)13-7-2-3-8-15(13)24(18,21)22/h2-9,14,20H,10H2,1H3,(H,17,19). The van der Waals surface area contributed by atoms with Crippen molar-refractivity contribution in [2.45, 2.75) is 22.3 Å². The Labute approximate surface area is 144 Å². The van der Waals surface area contributed by atoms with E-state index in [9.17, 15) is 13.2 Å². The Morgan fingerprint density at radius 2 is 2.00 bits per heavy atom. The number of hydrogen-bond donors (Lipinski definition) is 2. The Balaban J connectivity index is 2.16. The molecule has 1 heterocycles. The first-order valence-corrected chi connectivity index (χ1v) is 9.86. The van der Waals surface area contributed by atoms with Gasteiger partial charge in [-0.3, -0.25) is 14.3 Å². The molecule has 8 heteroatoms. The van der Waals surface area contributed by atoms with Crippen molar-refractivity contribution >= 4 is 33.4 Å². The van der Waals surface area contributed by atoms with E-state index in [2.05, 4.69) is 0 Å². The second-order valence-corrected chi connectivity index (χ2v) is 7.96. The molecule has 6 nitrogen and oxygen atoms in total. The molecule has 126 valence electrons. The SMILES string of the molecule is CSc1cccc(N2C(CC(=O)NO)c3ccccc3S2(=O)=O)c1. The van der Waals surface area contributed by atoms with Crippen LogP contribution in [0.15, 0.2) is 58.3 Å². The van der Waals surface area contributed by atoms with Crippen molar-refractivity contribution in [1.82, 2.24) is 5.48 Å². The van der Waals surface area contributed by atoms with Crippen molar-refractivity contribution in [3.63, 3.8) is 0 Å². The maximum absolute atomic E-state index is 13.0. The van der Waals surface area contributed by atoms with Gasteiger partial charge < -0.3 is 0 Å². The van der Waals surface area contributed by atoms with Gasteiger partial charge in [0.25, 0.3) is 10.0 Å². The molecule has 0 saturated carbocycles. The Morgan fingerprint density at radius 3 is 2.71 bits per heavy atom. The number of rotatable bonds is 4. The van der Waals surface area contributed by atoms with Crippen molar-refractivity contribution in [1.29, 1.82) is 0 Å². The van der Waals surface area contributed by atoms with Gasteiger partial charge in [0.1, 0.15) is 0 Å². The third-order valence-electron chi connectivity index (χ3n) is 3.91. The minimum absolute atomic E-state index is 0.170. The van der Waals surface area contributed by atoms with E-state index in [0.717, 1.165) is 4.90 Å². The van der Waals surface area contributed by atoms with Crippen LogP contribution in [0.1, 0.15) is 18.0 Å². The van der Waals surface area contributed by atoms with Gasteiger partial charge in [-0.1, -0.05) is 24.3 Å². The van der Waals surface area contributed by atoms with Gasteiger partial charge >= 0.3 is 0 Å². The highest BCUT2D eigenvalue weighted by atomic mass is 32.2. The highest BCUT2D eigenvalue weighted by molar-refractivity contribution is 7.98. The van der Waals surface area contributed by atoms with E-state index < -0.39 is 22.0 Å². The summed E-state index contributed by atoms with van der Waals surface area (Å²) in [6, 6.07) is 13.1. The maximum Gasteiger partial charge on any atom is 0.265 e. The van der Waals surface area contributed by atoms with Crippen molar-refractivity contribution in [2.75, 3.05) is 10.6 Å². The van der Waals surface area contributed by atoms with Crippen LogP contribution in [-0.2, 0) is 14.8 Å². The summed E-state index contributed by atoms with van der Waals surface area (Å²) in [7, 11) is -3.76. The third-order valence-corrected chi connectivity index (χ3v) is 6.55. The summed E-state index contributed by atoms with van der Waals surface area (Å²) in [5, 5.41) is 8.84. The predicted molar refractivity (Wildman–Crippen MR) is 91.6 cm³/mol. The number of fused-ring (bicyclic) bond motifs is 1. The molecule has 0 aliphatic carbocycles. The maximum atomic E-state index is 13.0. The number of benzene rings is 2. The number of amides is 1. The summed E-state index contributed by atoms with van der Waals surface area (Å²) in [4.78, 5) is 12.8. The largest absolute Gasteiger partial charge is 0.289 e. The number of sulfonamides is 1. The quantitative estimate of drug-likeness (QED) is 0.495. The van der Waals surface area contributed by atoms with Crippen molar-refractivity contribution in [3.8, 4) is 0 Å². The van der Waals surface area contributed by atoms with Crippen LogP contribution in [0.3, 0.4) is 0 Å². The van der Waals surface area contributed by atoms with E-state index in [0.29, 0.717) is 11.3 Å². The molecule has 2 aromatic rings. The molecule has 1 amide bonds. The Kier molecular flexibility index (Phi) is 4.53. The molecule has 0 saturated heterocycles. The molecule has 0 aromatic heterocycles. The molecule has 1 aliphatic heterocycles. The lowest BCUT2D eigenvalue weighted by molar-refractivity contribution is -0.129. The lowest BCUT2D eigenvalue weighted by atomic mass is 10.0. The molecular weight excluding hydrogens is 348 g/mol. The van der Waals surface area contributed by atoms with Crippen LogP contribution in [0.25, 0.3) is 0 Å². The van der Waals surface area contributed by atoms with E-state index in [4.69, 9.17) is 5.21 Å². The van der Waals surface area contributed by atoms with Crippen LogP contribution in [0, 0.1) is 0 Å². The minimum Gasteiger partial charge on any atom is -0.289 e. The molecule has 1 unspecified atom stereocenters. The second kappa shape index (κ2) is 6.46. The number of carbonyl (C=O) groups excluding carboxylic acids is 1. The predicted octanol–water partition coefficient (Wildman–Crippen LogP) is 2.55. The Morgan fingerprint density at radius 1 is 1.25 bits per heavy atom. The molecule has 3 rings (SSSR count). The number of thioether (sulfide) groups is 1. The smallest absolute Gasteiger partial charge is 0.265 e. The number of nitrogens with zero attached hydrogens (tertiary/aromatic N) is 1. The van der Waals surface area contributed by atoms with Gasteiger partial charge in [-0.2, -0.15) is 0 Å². The summed E-state index contributed by atoms with van der Waals surface area (Å²) in [5.74, 6) is -0.641. The molecule has 2 N–H and O–H groups in total. The van der Waals surface area contributed by atoms with Crippen molar-refractivity contribution in [3.05, 3.63) is 54.1 Å². The average Bonchev–Trinajstić information content (AvgIpc) is 2.82. The van der Waals surface area contributed by atoms with Crippen LogP contribution in [0.5, 0.6) is 0 Å². The molecule has 0 spiro atoms. The fourth-order valence-electron chi connectivity index (χ4n) is 2.87. The first kappa shape index (κ1) is 16.8. The van der Waals surface area contributed by atoms with Gasteiger partial charge in [-0.25, -0.2) is 13.9 Å². The Bertz CT molecular complexity index is 883. The number of hydroxylamine groups is 1. The summed E-state index contributed by atoms with van der Waals surface area (Å²) >= 11 is 1.50. The highest BCUT2D eigenvalue weighted by Crippen LogP contribution is 2.44. The van der Waals surface area contributed by atoms with E-state index in [-0.39, 0.29) is 11.3 Å². The fourth-order valence-corrected chi connectivity index (χ4v) is 5.20. The van der Waals surface area contributed by atoms with Crippen molar-refractivity contribution in [2.24, 2.45) is 0 Å². The molecular formula is C16H16N2O4S2. The summed E-state index contributed by atoms with van der Waals surface area (Å²) < 4.78 is 27.2. The minimum atomic E-state index is -3.76. The fraction of sp³-hybridized carbons (Fsp3) is 0.188. The number of nitrogens with one attached hydrogen (secondary N) is 1. The van der Waals surface area contributed by atoms with Gasteiger partial charge in [-0.05, 0) is 36.1 Å². The Hall–Kier alpha value is -2.03. The van der Waals surface area contributed by atoms with Crippen molar-refractivity contribution < 1.29 is 18.4 Å². The van der Waals surface area contributed by atoms with Crippen LogP contribution < -0.4 is 9.79 Å². The van der Waals surface area contributed by atoms with E-state index >= 15 is 0 Å². The molecule has 0 fully saturated rings. The zero-order valence-electron chi connectivity index (χ0n) is 12.8. The topological polar surface area (TPSA) is 86.7 Å². The van der Waals surface area contributed by atoms with Gasteiger partial charge in [0.05, 0.1) is 23.0 Å². The van der Waals surface area contributed by atoms with Gasteiger partial charge in [0.2, 0.25) is 5.91 Å². The summed E-state index contributed by atoms with van der Waals surface area (Å²) in [6.07, 6.45) is 1.74. The first-order valence-electron chi connectivity index (χ1n) is 7.19. The molecule has 1 aliphatic rings. The molecule has 24 heavy (non-hydrogen) atoms. The highest BCUT2D eigenvalue weighted by Gasteiger charge is 2.43. The van der Waals surface area contributed by atoms with Gasteiger partial charge in [0.15, 0.2) is 0 Å². The zero-order chi connectivity index (χ0) is 17.3. The molecule has 1 atom stereocenters. The van der Waals surface area contributed by atoms with Crippen LogP contribution in [0.2, 0.25) is 0 Å². The number of hydrogen-bond acceptors (Lipinski definition) is 5. The summed E-state index contributed by atoms with van der Waals surface area (Å²) in [5.41, 5.74) is 2.63.